The summed E-state index contributed by atoms with van der Waals surface area (Å²) in [5.41, 5.74) is 2.07. The zero-order valence-corrected chi connectivity index (χ0v) is 15.3. The summed E-state index contributed by atoms with van der Waals surface area (Å²) in [6.07, 6.45) is 13.0. The average molecular weight is 375 g/mol. The van der Waals surface area contributed by atoms with Gasteiger partial charge in [0.25, 0.3) is 0 Å². The number of rotatable bonds is 5. The van der Waals surface area contributed by atoms with Crippen LogP contribution < -0.4 is 9.75 Å². The van der Waals surface area contributed by atoms with E-state index in [1.807, 2.05) is 55.4 Å². The second-order valence-electron chi connectivity index (χ2n) is 7.09. The van der Waals surface area contributed by atoms with Crippen molar-refractivity contribution in [3.63, 3.8) is 0 Å². The standard InChI is InChI=1S/C22H20FN4O/c23-21-6-1-2-7-22(21)28-20-10-8-18(9-11-20)26(17-4-3-5-17)27-13-12-24-14-19(27)15-25-16-27/h1-2,6-17H,3-5H2/q+1. The number of benzene rings is 2. The van der Waals surface area contributed by atoms with Gasteiger partial charge in [-0.3, -0.25) is 4.99 Å². The van der Waals surface area contributed by atoms with Gasteiger partial charge in [0.05, 0.1) is 30.3 Å². The minimum absolute atomic E-state index is 0.222. The monoisotopic (exact) mass is 375 g/mol. The summed E-state index contributed by atoms with van der Waals surface area (Å²) >= 11 is 0. The SMILES string of the molecule is Fc1ccccc1Oc1ccc(N(C2CCC2)[N+]23C=CN=CC2=CN=C3)cc1. The van der Waals surface area contributed by atoms with Crippen LogP contribution in [0.25, 0.3) is 0 Å². The van der Waals surface area contributed by atoms with Crippen molar-refractivity contribution in [3.05, 3.63) is 78.6 Å². The Labute approximate surface area is 163 Å². The molecule has 5 nitrogen and oxygen atoms in total. The molecule has 2 aromatic rings. The number of halogens is 1. The highest BCUT2D eigenvalue weighted by Crippen LogP contribution is 2.39. The van der Waals surface area contributed by atoms with E-state index in [1.54, 1.807) is 18.2 Å². The lowest BCUT2D eigenvalue weighted by atomic mass is 9.92. The maximum atomic E-state index is 13.9. The summed E-state index contributed by atoms with van der Waals surface area (Å²) in [5, 5.41) is 2.36. The van der Waals surface area contributed by atoms with Gasteiger partial charge in [-0.15, -0.1) is 4.59 Å². The van der Waals surface area contributed by atoms with E-state index in [4.69, 9.17) is 4.74 Å². The fraction of sp³-hybridized carbons (Fsp3) is 0.182. The van der Waals surface area contributed by atoms with Crippen molar-refractivity contribution in [3.8, 4) is 11.5 Å². The van der Waals surface area contributed by atoms with Crippen molar-refractivity contribution in [2.45, 2.75) is 25.3 Å². The summed E-state index contributed by atoms with van der Waals surface area (Å²) in [4.78, 5) is 8.67. The van der Waals surface area contributed by atoms with Gasteiger partial charge in [-0.1, -0.05) is 12.1 Å². The minimum Gasteiger partial charge on any atom is -0.454 e. The quantitative estimate of drug-likeness (QED) is 0.678. The Hall–Kier alpha value is -3.25. The highest BCUT2D eigenvalue weighted by Gasteiger charge is 2.46. The third kappa shape index (κ3) is 2.73. The van der Waals surface area contributed by atoms with Crippen LogP contribution in [0.2, 0.25) is 0 Å². The maximum absolute atomic E-state index is 13.9. The molecule has 0 spiro atoms. The second kappa shape index (κ2) is 6.73. The molecular formula is C22H20FN4O+. The van der Waals surface area contributed by atoms with Gasteiger partial charge in [-0.2, -0.15) is 0 Å². The van der Waals surface area contributed by atoms with Crippen molar-refractivity contribution in [2.75, 3.05) is 5.01 Å². The van der Waals surface area contributed by atoms with E-state index in [0.29, 0.717) is 16.4 Å². The lowest BCUT2D eigenvalue weighted by molar-refractivity contribution is -0.746. The summed E-state index contributed by atoms with van der Waals surface area (Å²) in [6, 6.07) is 14.6. The lowest BCUT2D eigenvalue weighted by Crippen LogP contribution is -2.61. The molecule has 6 heteroatoms. The van der Waals surface area contributed by atoms with Crippen LogP contribution in [0.5, 0.6) is 11.5 Å². The van der Waals surface area contributed by atoms with Crippen LogP contribution in [0.1, 0.15) is 19.3 Å². The highest BCUT2D eigenvalue weighted by atomic mass is 19.1. The van der Waals surface area contributed by atoms with Crippen molar-refractivity contribution in [1.29, 1.82) is 0 Å². The number of fused-ring (bicyclic) bond motifs is 1. The second-order valence-corrected chi connectivity index (χ2v) is 7.09. The number of allylic oxidation sites excluding steroid dienone is 1. The van der Waals surface area contributed by atoms with Crippen molar-refractivity contribution < 1.29 is 13.7 Å². The zero-order valence-electron chi connectivity index (χ0n) is 15.3. The number of ether oxygens (including phenoxy) is 1. The molecule has 1 atom stereocenters. The fourth-order valence-electron chi connectivity index (χ4n) is 3.76. The molecule has 1 aliphatic carbocycles. The Morgan fingerprint density at radius 1 is 1.04 bits per heavy atom. The van der Waals surface area contributed by atoms with Crippen LogP contribution in [0.4, 0.5) is 10.1 Å². The van der Waals surface area contributed by atoms with Crippen LogP contribution in [0.3, 0.4) is 0 Å². The molecule has 0 amide bonds. The Kier molecular flexibility index (Phi) is 4.06. The first-order chi connectivity index (χ1) is 13.8. The number of aliphatic imine (C=N–C) groups is 2. The summed E-state index contributed by atoms with van der Waals surface area (Å²) in [7, 11) is 0. The van der Waals surface area contributed by atoms with Gasteiger partial charge in [-0.25, -0.2) is 14.4 Å². The molecule has 140 valence electrons. The molecule has 0 aromatic heterocycles. The van der Waals surface area contributed by atoms with Gasteiger partial charge in [0.15, 0.2) is 17.8 Å². The van der Waals surface area contributed by atoms with Crippen LogP contribution >= 0.6 is 0 Å². The molecule has 0 N–H and O–H groups in total. The Morgan fingerprint density at radius 2 is 1.86 bits per heavy atom. The number of para-hydroxylation sites is 1. The molecule has 1 fully saturated rings. The van der Waals surface area contributed by atoms with Crippen molar-refractivity contribution in [1.82, 2.24) is 0 Å². The van der Waals surface area contributed by atoms with E-state index in [-0.39, 0.29) is 11.6 Å². The molecule has 3 aliphatic rings. The van der Waals surface area contributed by atoms with Crippen molar-refractivity contribution in [2.24, 2.45) is 9.98 Å². The topological polar surface area (TPSA) is 37.2 Å². The highest BCUT2D eigenvalue weighted by molar-refractivity contribution is 5.82. The molecule has 0 radical (unpaired) electrons. The predicted molar refractivity (Wildman–Crippen MR) is 108 cm³/mol. The van der Waals surface area contributed by atoms with Crippen molar-refractivity contribution >= 4 is 18.2 Å². The molecule has 28 heavy (non-hydrogen) atoms. The first kappa shape index (κ1) is 16.9. The molecule has 2 aliphatic heterocycles. The fourth-order valence-corrected chi connectivity index (χ4v) is 3.76. The molecule has 2 aromatic carbocycles. The average Bonchev–Trinajstić information content (AvgIpc) is 3.12. The zero-order chi connectivity index (χ0) is 19.0. The molecular weight excluding hydrogens is 355 g/mol. The summed E-state index contributed by atoms with van der Waals surface area (Å²) < 4.78 is 20.0. The first-order valence-corrected chi connectivity index (χ1v) is 9.43. The minimum atomic E-state index is -0.373. The number of quaternary nitrogens is 1. The van der Waals surface area contributed by atoms with Crippen LogP contribution in [-0.2, 0) is 0 Å². The Bertz CT molecular complexity index is 1010. The lowest BCUT2D eigenvalue weighted by Gasteiger charge is -2.46. The molecule has 1 unspecified atom stereocenters. The maximum Gasteiger partial charge on any atom is 0.225 e. The Balaban J connectivity index is 1.47. The molecule has 1 saturated carbocycles. The Morgan fingerprint density at radius 3 is 2.61 bits per heavy atom. The molecule has 5 rings (SSSR count). The van der Waals surface area contributed by atoms with E-state index >= 15 is 0 Å². The number of hydrogen-bond acceptors (Lipinski definition) is 4. The van der Waals surface area contributed by atoms with E-state index < -0.39 is 0 Å². The number of hydrogen-bond donors (Lipinski definition) is 0. The third-order valence-corrected chi connectivity index (χ3v) is 5.39. The number of nitrogens with zero attached hydrogens (tertiary/aromatic N) is 4. The van der Waals surface area contributed by atoms with Crippen LogP contribution in [-0.4, -0.2) is 23.2 Å². The van der Waals surface area contributed by atoms with Gasteiger partial charge in [-0.05, 0) is 55.7 Å². The first-order valence-electron chi connectivity index (χ1n) is 9.43. The van der Waals surface area contributed by atoms with Gasteiger partial charge in [0.1, 0.15) is 5.75 Å². The van der Waals surface area contributed by atoms with Gasteiger partial charge >= 0.3 is 0 Å². The summed E-state index contributed by atoms with van der Waals surface area (Å²) in [5.74, 6) is 0.450. The third-order valence-electron chi connectivity index (χ3n) is 5.39. The smallest absolute Gasteiger partial charge is 0.225 e. The predicted octanol–water partition coefficient (Wildman–Crippen LogP) is 5.15. The van der Waals surface area contributed by atoms with E-state index in [1.165, 1.54) is 12.5 Å². The van der Waals surface area contributed by atoms with E-state index in [0.717, 1.165) is 24.2 Å². The van der Waals surface area contributed by atoms with Crippen LogP contribution in [0, 0.1) is 5.82 Å². The normalized spacial score (nSPS) is 22.5. The van der Waals surface area contributed by atoms with Gasteiger partial charge in [0, 0.05) is 0 Å². The van der Waals surface area contributed by atoms with Crippen LogP contribution in [0.15, 0.2) is 82.8 Å². The largest absolute Gasteiger partial charge is 0.454 e. The van der Waals surface area contributed by atoms with Gasteiger partial charge in [0.2, 0.25) is 12.0 Å². The van der Waals surface area contributed by atoms with E-state index in [2.05, 4.69) is 15.0 Å². The number of anilines is 1. The molecule has 0 saturated heterocycles. The molecule has 2 heterocycles. The summed E-state index contributed by atoms with van der Waals surface area (Å²) in [6.45, 7) is 0. The van der Waals surface area contributed by atoms with Gasteiger partial charge < -0.3 is 4.74 Å². The van der Waals surface area contributed by atoms with E-state index in [9.17, 15) is 4.39 Å². The molecule has 0 bridgehead atoms.